The number of hydrogen-bond donors (Lipinski definition) is 1. The lowest BCUT2D eigenvalue weighted by atomic mass is 9.73. The molecule has 0 saturated heterocycles. The van der Waals surface area contributed by atoms with E-state index in [0.717, 1.165) is 6.54 Å². The second-order valence-corrected chi connectivity index (χ2v) is 6.01. The first-order valence-corrected chi connectivity index (χ1v) is 6.33. The molecule has 2 unspecified atom stereocenters. The zero-order valence-electron chi connectivity index (χ0n) is 11.1. The lowest BCUT2D eigenvalue weighted by Crippen LogP contribution is -2.48. The van der Waals surface area contributed by atoms with Crippen LogP contribution in [0.2, 0.25) is 0 Å². The number of hydrogen-bond acceptors (Lipinski definition) is 2. The van der Waals surface area contributed by atoms with Crippen molar-refractivity contribution >= 4 is 0 Å². The van der Waals surface area contributed by atoms with Crippen LogP contribution in [-0.4, -0.2) is 37.6 Å². The summed E-state index contributed by atoms with van der Waals surface area (Å²) in [7, 11) is 4.30. The van der Waals surface area contributed by atoms with Gasteiger partial charge in [-0.25, -0.2) is 0 Å². The zero-order valence-corrected chi connectivity index (χ0v) is 11.1. The van der Waals surface area contributed by atoms with Gasteiger partial charge in [0.15, 0.2) is 0 Å². The van der Waals surface area contributed by atoms with E-state index in [9.17, 15) is 0 Å². The molecule has 1 N–H and O–H groups in total. The summed E-state index contributed by atoms with van der Waals surface area (Å²) in [4.78, 5) is 2.28. The van der Waals surface area contributed by atoms with Crippen molar-refractivity contribution in [1.82, 2.24) is 10.2 Å². The van der Waals surface area contributed by atoms with E-state index in [4.69, 9.17) is 0 Å². The van der Waals surface area contributed by atoms with Gasteiger partial charge in [-0.15, -0.1) is 0 Å². The Hall–Kier alpha value is -0.0800. The van der Waals surface area contributed by atoms with E-state index in [2.05, 4.69) is 45.1 Å². The Morgan fingerprint density at radius 3 is 2.53 bits per heavy atom. The molecule has 0 aliphatic heterocycles. The van der Waals surface area contributed by atoms with Crippen molar-refractivity contribution in [2.75, 3.05) is 20.6 Å². The lowest BCUT2D eigenvalue weighted by Gasteiger charge is -2.40. The van der Waals surface area contributed by atoms with Crippen LogP contribution < -0.4 is 5.32 Å². The van der Waals surface area contributed by atoms with Gasteiger partial charge in [-0.2, -0.15) is 0 Å². The van der Waals surface area contributed by atoms with Crippen molar-refractivity contribution in [2.45, 2.75) is 58.5 Å². The largest absolute Gasteiger partial charge is 0.312 e. The van der Waals surface area contributed by atoms with Gasteiger partial charge in [0, 0.05) is 18.6 Å². The SMILES string of the molecule is CC(CNC1CCCCC1(C)C)N(C)C. The number of likely N-dealkylation sites (N-methyl/N-ethyl adjacent to an activating group) is 1. The smallest absolute Gasteiger partial charge is 0.0186 e. The molecule has 1 aliphatic carbocycles. The van der Waals surface area contributed by atoms with Crippen LogP contribution in [0.5, 0.6) is 0 Å². The third kappa shape index (κ3) is 3.76. The van der Waals surface area contributed by atoms with E-state index in [1.165, 1.54) is 25.7 Å². The first kappa shape index (κ1) is 13.0. The van der Waals surface area contributed by atoms with Gasteiger partial charge < -0.3 is 10.2 Å². The molecule has 15 heavy (non-hydrogen) atoms. The van der Waals surface area contributed by atoms with Crippen LogP contribution in [0.4, 0.5) is 0 Å². The Morgan fingerprint density at radius 1 is 1.33 bits per heavy atom. The Labute approximate surface area is 95.4 Å². The number of nitrogens with one attached hydrogen (secondary N) is 1. The fourth-order valence-electron chi connectivity index (χ4n) is 2.37. The molecule has 0 aromatic carbocycles. The molecule has 0 aromatic rings. The number of rotatable bonds is 4. The van der Waals surface area contributed by atoms with Crippen LogP contribution >= 0.6 is 0 Å². The average molecular weight is 212 g/mol. The Bertz CT molecular complexity index is 187. The second-order valence-electron chi connectivity index (χ2n) is 6.01. The normalized spacial score (nSPS) is 28.0. The van der Waals surface area contributed by atoms with Crippen LogP contribution in [0.1, 0.15) is 46.5 Å². The van der Waals surface area contributed by atoms with Crippen molar-refractivity contribution in [2.24, 2.45) is 5.41 Å². The molecule has 0 radical (unpaired) electrons. The molecule has 0 spiro atoms. The molecule has 0 aromatic heterocycles. The summed E-state index contributed by atoms with van der Waals surface area (Å²) in [5, 5.41) is 3.75. The standard InChI is InChI=1S/C13H28N2/c1-11(15(4)5)10-14-12-8-6-7-9-13(12,2)3/h11-12,14H,6-10H2,1-5H3. The topological polar surface area (TPSA) is 15.3 Å². The van der Waals surface area contributed by atoms with Gasteiger partial charge in [0.25, 0.3) is 0 Å². The third-order valence-corrected chi connectivity index (χ3v) is 4.05. The molecule has 0 bridgehead atoms. The Morgan fingerprint density at radius 2 is 2.00 bits per heavy atom. The first-order valence-electron chi connectivity index (χ1n) is 6.33. The molecule has 1 aliphatic rings. The van der Waals surface area contributed by atoms with Gasteiger partial charge in [0.1, 0.15) is 0 Å². The fraction of sp³-hybridized carbons (Fsp3) is 1.00. The fourth-order valence-corrected chi connectivity index (χ4v) is 2.37. The summed E-state index contributed by atoms with van der Waals surface area (Å²) in [6.45, 7) is 8.21. The monoisotopic (exact) mass is 212 g/mol. The average Bonchev–Trinajstić information content (AvgIpc) is 2.14. The molecule has 0 amide bonds. The van der Waals surface area contributed by atoms with Crippen LogP contribution in [0, 0.1) is 5.41 Å². The molecule has 2 atom stereocenters. The van der Waals surface area contributed by atoms with Gasteiger partial charge in [0.05, 0.1) is 0 Å². The predicted octanol–water partition coefficient (Wildman–Crippen LogP) is 2.49. The van der Waals surface area contributed by atoms with Gasteiger partial charge in [-0.3, -0.25) is 0 Å². The molecule has 0 heterocycles. The van der Waals surface area contributed by atoms with Gasteiger partial charge in [0.2, 0.25) is 0 Å². The summed E-state index contributed by atoms with van der Waals surface area (Å²) in [5.74, 6) is 0. The highest BCUT2D eigenvalue weighted by Crippen LogP contribution is 2.35. The lowest BCUT2D eigenvalue weighted by molar-refractivity contribution is 0.157. The highest BCUT2D eigenvalue weighted by atomic mass is 15.1. The van der Waals surface area contributed by atoms with E-state index in [1.54, 1.807) is 0 Å². The second kappa shape index (κ2) is 5.31. The van der Waals surface area contributed by atoms with Gasteiger partial charge in [-0.1, -0.05) is 26.7 Å². The molecule has 2 heteroatoms. The van der Waals surface area contributed by atoms with Crippen molar-refractivity contribution < 1.29 is 0 Å². The molecule has 90 valence electrons. The molecule has 1 fully saturated rings. The minimum absolute atomic E-state index is 0.490. The molecule has 2 nitrogen and oxygen atoms in total. The zero-order chi connectivity index (χ0) is 11.5. The summed E-state index contributed by atoms with van der Waals surface area (Å²) in [6, 6.07) is 1.34. The van der Waals surface area contributed by atoms with E-state index < -0.39 is 0 Å². The van der Waals surface area contributed by atoms with Crippen molar-refractivity contribution in [3.05, 3.63) is 0 Å². The maximum absolute atomic E-state index is 3.75. The van der Waals surface area contributed by atoms with E-state index in [1.807, 2.05) is 0 Å². The molecular formula is C13H28N2. The maximum atomic E-state index is 3.75. The highest BCUT2D eigenvalue weighted by Gasteiger charge is 2.31. The summed E-state index contributed by atoms with van der Waals surface area (Å²) < 4.78 is 0. The van der Waals surface area contributed by atoms with E-state index in [0.29, 0.717) is 17.5 Å². The molecular weight excluding hydrogens is 184 g/mol. The van der Waals surface area contributed by atoms with Gasteiger partial charge >= 0.3 is 0 Å². The summed E-state index contributed by atoms with van der Waals surface area (Å²) in [6.07, 6.45) is 5.54. The van der Waals surface area contributed by atoms with Crippen LogP contribution in [0.25, 0.3) is 0 Å². The maximum Gasteiger partial charge on any atom is 0.0186 e. The van der Waals surface area contributed by atoms with Crippen LogP contribution in [0.3, 0.4) is 0 Å². The third-order valence-electron chi connectivity index (χ3n) is 4.05. The number of nitrogens with zero attached hydrogens (tertiary/aromatic N) is 1. The van der Waals surface area contributed by atoms with E-state index in [-0.39, 0.29) is 0 Å². The molecule has 1 rings (SSSR count). The summed E-state index contributed by atoms with van der Waals surface area (Å²) >= 11 is 0. The van der Waals surface area contributed by atoms with Crippen molar-refractivity contribution in [3.63, 3.8) is 0 Å². The molecule has 1 saturated carbocycles. The van der Waals surface area contributed by atoms with Gasteiger partial charge in [-0.05, 0) is 39.3 Å². The first-order chi connectivity index (χ1) is 6.93. The van der Waals surface area contributed by atoms with Crippen LogP contribution in [0.15, 0.2) is 0 Å². The predicted molar refractivity (Wildman–Crippen MR) is 67.2 cm³/mol. The Kier molecular flexibility index (Phi) is 4.60. The highest BCUT2D eigenvalue weighted by molar-refractivity contribution is 4.88. The van der Waals surface area contributed by atoms with Crippen molar-refractivity contribution in [1.29, 1.82) is 0 Å². The minimum Gasteiger partial charge on any atom is -0.312 e. The van der Waals surface area contributed by atoms with Crippen molar-refractivity contribution in [3.8, 4) is 0 Å². The summed E-state index contributed by atoms with van der Waals surface area (Å²) in [5.41, 5.74) is 0.490. The Balaban J connectivity index is 2.36. The van der Waals surface area contributed by atoms with Crippen LogP contribution in [-0.2, 0) is 0 Å². The minimum atomic E-state index is 0.490. The van der Waals surface area contributed by atoms with E-state index >= 15 is 0 Å². The quantitative estimate of drug-likeness (QED) is 0.770.